The summed E-state index contributed by atoms with van der Waals surface area (Å²) in [7, 11) is 0. The molecule has 0 radical (unpaired) electrons. The highest BCUT2D eigenvalue weighted by molar-refractivity contribution is 6.25. The Bertz CT molecular complexity index is 200. The molecule has 1 saturated carbocycles. The van der Waals surface area contributed by atoms with Crippen LogP contribution in [0.5, 0.6) is 0 Å². The van der Waals surface area contributed by atoms with Crippen molar-refractivity contribution < 1.29 is 5.11 Å². The van der Waals surface area contributed by atoms with Gasteiger partial charge in [0, 0.05) is 24.7 Å². The maximum Gasteiger partial charge on any atom is 0.0558 e. The van der Waals surface area contributed by atoms with Crippen LogP contribution in [0.1, 0.15) is 39.0 Å². The fourth-order valence-corrected chi connectivity index (χ4v) is 2.39. The molecule has 0 aromatic carbocycles. The predicted molar refractivity (Wildman–Crippen MR) is 65.1 cm³/mol. The molecule has 1 fully saturated rings. The van der Waals surface area contributed by atoms with E-state index in [0.29, 0.717) is 6.04 Å². The van der Waals surface area contributed by atoms with Gasteiger partial charge in [-0.25, -0.2) is 0 Å². The Balaban J connectivity index is 2.47. The van der Waals surface area contributed by atoms with Gasteiger partial charge in [-0.15, -0.1) is 0 Å². The van der Waals surface area contributed by atoms with Crippen molar-refractivity contribution in [1.82, 2.24) is 4.90 Å². The van der Waals surface area contributed by atoms with Crippen LogP contribution < -0.4 is 0 Å². The van der Waals surface area contributed by atoms with Crippen molar-refractivity contribution in [1.29, 1.82) is 0 Å². The lowest BCUT2D eigenvalue weighted by Crippen LogP contribution is -2.39. The van der Waals surface area contributed by atoms with E-state index in [1.807, 2.05) is 6.92 Å². The van der Waals surface area contributed by atoms with E-state index in [1.54, 1.807) is 5.54 Å². The van der Waals surface area contributed by atoms with E-state index in [2.05, 4.69) is 4.90 Å². The molecule has 0 aliphatic heterocycles. The Morgan fingerprint density at radius 3 is 2.60 bits per heavy atom. The van der Waals surface area contributed by atoms with Crippen LogP contribution in [-0.4, -0.2) is 35.7 Å². The monoisotopic (exact) mass is 231 g/mol. The third-order valence-corrected chi connectivity index (χ3v) is 3.49. The summed E-state index contributed by atoms with van der Waals surface area (Å²) in [5.74, 6) is 0. The summed E-state index contributed by atoms with van der Waals surface area (Å²) in [6.45, 7) is 3.95. The topological polar surface area (TPSA) is 23.5 Å². The van der Waals surface area contributed by atoms with Gasteiger partial charge in [0.25, 0.3) is 0 Å². The fourth-order valence-electron chi connectivity index (χ4n) is 2.32. The van der Waals surface area contributed by atoms with Crippen molar-refractivity contribution in [2.24, 2.45) is 0 Å². The predicted octanol–water partition coefficient (Wildman–Crippen LogP) is 2.76. The first-order valence-corrected chi connectivity index (χ1v) is 6.32. The molecular weight excluding hydrogens is 210 g/mol. The van der Waals surface area contributed by atoms with E-state index in [4.69, 9.17) is 16.7 Å². The van der Waals surface area contributed by atoms with Gasteiger partial charge >= 0.3 is 0 Å². The number of hydrogen-bond acceptors (Lipinski definition) is 2. The van der Waals surface area contributed by atoms with Crippen LogP contribution in [0.3, 0.4) is 0 Å². The first-order chi connectivity index (χ1) is 7.27. The second-order valence-electron chi connectivity index (χ2n) is 4.44. The molecule has 1 rings (SSSR count). The van der Waals surface area contributed by atoms with Gasteiger partial charge in [0.2, 0.25) is 0 Å². The maximum absolute atomic E-state index is 9.06. The fraction of sp³-hybridized carbons (Fsp3) is 0.833. The summed E-state index contributed by atoms with van der Waals surface area (Å²) < 4.78 is 0. The molecule has 1 N–H and O–H groups in total. The van der Waals surface area contributed by atoms with Crippen molar-refractivity contribution in [3.8, 4) is 0 Å². The first kappa shape index (κ1) is 13.0. The maximum atomic E-state index is 9.06. The summed E-state index contributed by atoms with van der Waals surface area (Å²) in [4.78, 5) is 2.37. The van der Waals surface area contributed by atoms with Crippen LogP contribution in [0, 0.1) is 0 Å². The van der Waals surface area contributed by atoms with Gasteiger partial charge in [0.15, 0.2) is 0 Å². The van der Waals surface area contributed by atoms with Gasteiger partial charge in [0.05, 0.1) is 6.61 Å². The zero-order chi connectivity index (χ0) is 11.1. The SMILES string of the molecule is CC(=CCl)CN(CCO)C1CCCCC1. The van der Waals surface area contributed by atoms with Crippen LogP contribution >= 0.6 is 11.6 Å². The van der Waals surface area contributed by atoms with Crippen molar-refractivity contribution in [2.45, 2.75) is 45.1 Å². The Labute approximate surface area is 97.9 Å². The summed E-state index contributed by atoms with van der Waals surface area (Å²) in [6.07, 6.45) is 6.57. The van der Waals surface area contributed by atoms with Crippen LogP contribution in [0.2, 0.25) is 0 Å². The van der Waals surface area contributed by atoms with E-state index >= 15 is 0 Å². The molecule has 2 nitrogen and oxygen atoms in total. The van der Waals surface area contributed by atoms with Crippen molar-refractivity contribution in [3.63, 3.8) is 0 Å². The Hall–Kier alpha value is -0.0500. The number of nitrogens with zero attached hydrogens (tertiary/aromatic N) is 1. The number of aliphatic hydroxyl groups is 1. The van der Waals surface area contributed by atoms with Crippen LogP contribution in [0.25, 0.3) is 0 Å². The minimum absolute atomic E-state index is 0.242. The quantitative estimate of drug-likeness (QED) is 0.787. The van der Waals surface area contributed by atoms with Gasteiger partial charge in [-0.2, -0.15) is 0 Å². The van der Waals surface area contributed by atoms with Gasteiger partial charge in [0.1, 0.15) is 0 Å². The first-order valence-electron chi connectivity index (χ1n) is 5.88. The van der Waals surface area contributed by atoms with E-state index in [9.17, 15) is 0 Å². The molecule has 0 saturated heterocycles. The highest BCUT2D eigenvalue weighted by atomic mass is 35.5. The second-order valence-corrected chi connectivity index (χ2v) is 4.66. The largest absolute Gasteiger partial charge is 0.395 e. The van der Waals surface area contributed by atoms with E-state index < -0.39 is 0 Å². The molecule has 0 amide bonds. The molecule has 3 heteroatoms. The molecule has 0 bridgehead atoms. The van der Waals surface area contributed by atoms with Crippen LogP contribution in [0.4, 0.5) is 0 Å². The molecule has 0 spiro atoms. The van der Waals surface area contributed by atoms with Gasteiger partial charge in [-0.1, -0.05) is 30.9 Å². The zero-order valence-corrected chi connectivity index (χ0v) is 10.3. The average Bonchev–Trinajstić information content (AvgIpc) is 2.29. The number of hydrogen-bond donors (Lipinski definition) is 1. The minimum atomic E-state index is 0.242. The molecule has 0 unspecified atom stereocenters. The number of aliphatic hydroxyl groups excluding tert-OH is 1. The normalized spacial score (nSPS) is 19.9. The summed E-state index contributed by atoms with van der Waals surface area (Å²) >= 11 is 5.68. The number of rotatable bonds is 5. The average molecular weight is 232 g/mol. The van der Waals surface area contributed by atoms with Crippen molar-refractivity contribution in [3.05, 3.63) is 11.1 Å². The third-order valence-electron chi connectivity index (χ3n) is 3.12. The molecule has 0 aromatic heterocycles. The molecule has 0 atom stereocenters. The zero-order valence-electron chi connectivity index (χ0n) is 9.58. The molecule has 88 valence electrons. The lowest BCUT2D eigenvalue weighted by Gasteiger charge is -2.34. The molecular formula is C12H22ClNO. The molecule has 0 aromatic rings. The van der Waals surface area contributed by atoms with Crippen LogP contribution in [-0.2, 0) is 0 Å². The minimum Gasteiger partial charge on any atom is -0.395 e. The van der Waals surface area contributed by atoms with Crippen molar-refractivity contribution >= 4 is 11.6 Å². The summed E-state index contributed by atoms with van der Waals surface area (Å²) in [5.41, 5.74) is 2.82. The highest BCUT2D eigenvalue weighted by Crippen LogP contribution is 2.23. The summed E-state index contributed by atoms with van der Waals surface area (Å²) in [6, 6.07) is 0.650. The standard InChI is InChI=1S/C12H22ClNO/c1-11(9-13)10-14(7-8-15)12-5-3-2-4-6-12/h9,12,15H,2-8,10H2,1H3. The highest BCUT2D eigenvalue weighted by Gasteiger charge is 2.20. The molecule has 1 aliphatic carbocycles. The Kier molecular flexibility index (Phi) is 6.30. The van der Waals surface area contributed by atoms with Gasteiger partial charge in [-0.05, 0) is 25.3 Å². The van der Waals surface area contributed by atoms with E-state index in [0.717, 1.165) is 13.1 Å². The molecule has 15 heavy (non-hydrogen) atoms. The Morgan fingerprint density at radius 2 is 2.07 bits per heavy atom. The third kappa shape index (κ3) is 4.54. The Morgan fingerprint density at radius 1 is 1.40 bits per heavy atom. The molecule has 1 aliphatic rings. The smallest absolute Gasteiger partial charge is 0.0558 e. The van der Waals surface area contributed by atoms with Crippen LogP contribution in [0.15, 0.2) is 11.1 Å². The van der Waals surface area contributed by atoms with E-state index in [-0.39, 0.29) is 6.61 Å². The second kappa shape index (κ2) is 7.26. The molecule has 0 heterocycles. The van der Waals surface area contributed by atoms with Gasteiger partial charge < -0.3 is 5.11 Å². The van der Waals surface area contributed by atoms with E-state index in [1.165, 1.54) is 37.7 Å². The number of halogens is 1. The lowest BCUT2D eigenvalue weighted by atomic mass is 9.94. The van der Waals surface area contributed by atoms with Crippen molar-refractivity contribution in [2.75, 3.05) is 19.7 Å². The lowest BCUT2D eigenvalue weighted by molar-refractivity contribution is 0.134. The summed E-state index contributed by atoms with van der Waals surface area (Å²) in [5, 5.41) is 9.06. The van der Waals surface area contributed by atoms with Gasteiger partial charge in [-0.3, -0.25) is 4.90 Å².